The van der Waals surface area contributed by atoms with Crippen molar-refractivity contribution in [3.63, 3.8) is 0 Å². The number of anilines is 2. The quantitative estimate of drug-likeness (QED) is 0.360. The van der Waals surface area contributed by atoms with E-state index in [9.17, 15) is 14.7 Å². The Hall–Kier alpha value is -3.71. The van der Waals surface area contributed by atoms with E-state index < -0.39 is 12.0 Å². The van der Waals surface area contributed by atoms with Crippen molar-refractivity contribution < 1.29 is 14.7 Å². The largest absolute Gasteiger partial charge is 0.480 e. The molecule has 0 aliphatic heterocycles. The van der Waals surface area contributed by atoms with Crippen LogP contribution in [0.4, 0.5) is 10.8 Å². The van der Waals surface area contributed by atoms with Crippen LogP contribution in [-0.4, -0.2) is 40.0 Å². The van der Waals surface area contributed by atoms with Crippen LogP contribution >= 0.6 is 11.3 Å². The second kappa shape index (κ2) is 9.42. The maximum absolute atomic E-state index is 12.8. The third-order valence-electron chi connectivity index (χ3n) is 5.52. The molecule has 4 rings (SSSR count). The lowest BCUT2D eigenvalue weighted by atomic mass is 10.0. The predicted molar refractivity (Wildman–Crippen MR) is 133 cm³/mol. The van der Waals surface area contributed by atoms with Gasteiger partial charge in [0.1, 0.15) is 6.04 Å². The van der Waals surface area contributed by atoms with Gasteiger partial charge >= 0.3 is 5.97 Å². The van der Waals surface area contributed by atoms with Gasteiger partial charge in [-0.2, -0.15) is 0 Å². The highest BCUT2D eigenvalue weighted by molar-refractivity contribution is 7.22. The number of thiazole rings is 1. The van der Waals surface area contributed by atoms with Crippen LogP contribution in [0.3, 0.4) is 0 Å². The number of carboxylic acid groups (broad SMARTS) is 1. The van der Waals surface area contributed by atoms with Crippen LogP contribution in [0.5, 0.6) is 0 Å². The molecule has 7 heteroatoms. The average molecular weight is 460 g/mol. The fraction of sp³-hybridized carbons (Fsp3) is 0.192. The first-order chi connectivity index (χ1) is 15.8. The number of aliphatic carboxylic acids is 1. The third-order valence-corrected chi connectivity index (χ3v) is 6.47. The summed E-state index contributed by atoms with van der Waals surface area (Å²) < 4.78 is 1.14. The number of carbonyl (C=O) groups excluding carboxylic acids is 1. The number of likely N-dealkylation sites (N-methyl/N-ethyl adjacent to an activating group) is 1. The zero-order chi connectivity index (χ0) is 23.5. The van der Waals surface area contributed by atoms with Crippen molar-refractivity contribution in [3.05, 3.63) is 78.4 Å². The van der Waals surface area contributed by atoms with Crippen molar-refractivity contribution in [1.29, 1.82) is 0 Å². The van der Waals surface area contributed by atoms with E-state index >= 15 is 0 Å². The van der Waals surface area contributed by atoms with E-state index in [-0.39, 0.29) is 11.8 Å². The highest BCUT2D eigenvalue weighted by atomic mass is 32.1. The number of benzene rings is 3. The Morgan fingerprint density at radius 3 is 2.12 bits per heavy atom. The summed E-state index contributed by atoms with van der Waals surface area (Å²) in [5, 5.41) is 13.6. The van der Waals surface area contributed by atoms with Crippen LogP contribution in [0.25, 0.3) is 21.3 Å². The summed E-state index contributed by atoms with van der Waals surface area (Å²) in [6.45, 7) is 3.59. The molecule has 0 saturated carbocycles. The predicted octanol–water partition coefficient (Wildman–Crippen LogP) is 5.89. The lowest BCUT2D eigenvalue weighted by Gasteiger charge is -2.27. The summed E-state index contributed by atoms with van der Waals surface area (Å²) in [5.74, 6) is -1.50. The topological polar surface area (TPSA) is 82.5 Å². The van der Waals surface area contributed by atoms with Gasteiger partial charge in [0.15, 0.2) is 5.13 Å². The summed E-state index contributed by atoms with van der Waals surface area (Å²) in [6, 6.07) is 22.4. The van der Waals surface area contributed by atoms with Gasteiger partial charge in [-0.1, -0.05) is 61.6 Å². The molecule has 0 fully saturated rings. The maximum Gasteiger partial charge on any atom is 0.326 e. The molecule has 0 aliphatic rings. The highest BCUT2D eigenvalue weighted by Crippen LogP contribution is 2.29. The molecule has 0 saturated heterocycles. The number of fused-ring (bicyclic) bond motifs is 1. The summed E-state index contributed by atoms with van der Waals surface area (Å²) in [7, 11) is 1.53. The molecule has 1 aromatic heterocycles. The summed E-state index contributed by atoms with van der Waals surface area (Å²) in [5.41, 5.74) is 4.37. The van der Waals surface area contributed by atoms with Crippen molar-refractivity contribution in [3.8, 4) is 11.1 Å². The Labute approximate surface area is 196 Å². The Morgan fingerprint density at radius 2 is 1.55 bits per heavy atom. The molecule has 168 valence electrons. The van der Waals surface area contributed by atoms with E-state index in [1.807, 2.05) is 54.6 Å². The number of aromatic nitrogens is 1. The van der Waals surface area contributed by atoms with Gasteiger partial charge in [-0.15, -0.1) is 0 Å². The van der Waals surface area contributed by atoms with Crippen molar-refractivity contribution in [2.75, 3.05) is 12.4 Å². The van der Waals surface area contributed by atoms with Gasteiger partial charge in [-0.05, 0) is 53.4 Å². The Kier molecular flexibility index (Phi) is 6.42. The Morgan fingerprint density at radius 1 is 0.939 bits per heavy atom. The number of amides is 1. The van der Waals surface area contributed by atoms with E-state index in [2.05, 4.69) is 16.4 Å². The standard InChI is InChI=1S/C26H25N3O3S/c1-16(2)23(25(31)32)29(3)24(30)19-10-8-17(9-11-19)18-12-14-20(15-13-18)27-26-28-21-6-4-5-7-22(21)33-26/h4-16,23H,1-3H3,(H,27,28)(H,31,32)/t23-/m0/s1. The average Bonchev–Trinajstić information content (AvgIpc) is 3.21. The van der Waals surface area contributed by atoms with Gasteiger partial charge in [-0.3, -0.25) is 4.79 Å². The number of para-hydroxylation sites is 1. The number of nitrogens with one attached hydrogen (secondary N) is 1. The van der Waals surface area contributed by atoms with Crippen LogP contribution in [0.15, 0.2) is 72.8 Å². The summed E-state index contributed by atoms with van der Waals surface area (Å²) in [6.07, 6.45) is 0. The molecule has 2 N–H and O–H groups in total. The van der Waals surface area contributed by atoms with E-state index in [1.165, 1.54) is 11.9 Å². The Bertz CT molecular complexity index is 1250. The molecule has 0 spiro atoms. The number of rotatable bonds is 7. The van der Waals surface area contributed by atoms with Gasteiger partial charge in [0.25, 0.3) is 5.91 Å². The van der Waals surface area contributed by atoms with Crippen LogP contribution in [-0.2, 0) is 4.79 Å². The fourth-order valence-electron chi connectivity index (χ4n) is 3.83. The monoisotopic (exact) mass is 459 g/mol. The second-order valence-corrected chi connectivity index (χ2v) is 9.24. The minimum Gasteiger partial charge on any atom is -0.480 e. The molecule has 0 aliphatic carbocycles. The lowest BCUT2D eigenvalue weighted by Crippen LogP contribution is -2.45. The van der Waals surface area contributed by atoms with E-state index in [1.54, 1.807) is 37.3 Å². The SMILES string of the molecule is CC(C)[C@@H](C(=O)O)N(C)C(=O)c1ccc(-c2ccc(Nc3nc4ccccc4s3)cc2)cc1. The van der Waals surface area contributed by atoms with Crippen molar-refractivity contribution in [2.24, 2.45) is 5.92 Å². The number of carboxylic acids is 1. The molecule has 0 bridgehead atoms. The minimum absolute atomic E-state index is 0.189. The number of hydrogen-bond donors (Lipinski definition) is 2. The molecule has 0 unspecified atom stereocenters. The van der Waals surface area contributed by atoms with E-state index in [4.69, 9.17) is 0 Å². The van der Waals surface area contributed by atoms with Gasteiger partial charge in [0.2, 0.25) is 0 Å². The van der Waals surface area contributed by atoms with E-state index in [0.717, 1.165) is 32.2 Å². The molecule has 6 nitrogen and oxygen atoms in total. The molecule has 1 atom stereocenters. The van der Waals surface area contributed by atoms with Crippen LogP contribution in [0, 0.1) is 5.92 Å². The lowest BCUT2D eigenvalue weighted by molar-refractivity contribution is -0.143. The first-order valence-corrected chi connectivity index (χ1v) is 11.5. The van der Waals surface area contributed by atoms with Crippen LogP contribution in [0.2, 0.25) is 0 Å². The molecule has 1 heterocycles. The van der Waals surface area contributed by atoms with Crippen molar-refractivity contribution in [1.82, 2.24) is 9.88 Å². The zero-order valence-electron chi connectivity index (χ0n) is 18.6. The molecular formula is C26H25N3O3S. The molecule has 4 aromatic rings. The third kappa shape index (κ3) is 4.88. The maximum atomic E-state index is 12.8. The van der Waals surface area contributed by atoms with Gasteiger partial charge < -0.3 is 15.3 Å². The molecule has 33 heavy (non-hydrogen) atoms. The normalized spacial score (nSPS) is 12.0. The number of carbonyl (C=O) groups is 2. The van der Waals surface area contributed by atoms with Crippen LogP contribution < -0.4 is 5.32 Å². The molecule has 3 aromatic carbocycles. The first kappa shape index (κ1) is 22.5. The fourth-order valence-corrected chi connectivity index (χ4v) is 4.71. The van der Waals surface area contributed by atoms with Gasteiger partial charge in [0, 0.05) is 18.3 Å². The summed E-state index contributed by atoms with van der Waals surface area (Å²) >= 11 is 1.61. The zero-order valence-corrected chi connectivity index (χ0v) is 19.5. The Balaban J connectivity index is 1.46. The molecule has 0 radical (unpaired) electrons. The second-order valence-electron chi connectivity index (χ2n) is 8.21. The molecular weight excluding hydrogens is 434 g/mol. The number of hydrogen-bond acceptors (Lipinski definition) is 5. The van der Waals surface area contributed by atoms with Gasteiger partial charge in [-0.25, -0.2) is 9.78 Å². The van der Waals surface area contributed by atoms with Crippen LogP contribution in [0.1, 0.15) is 24.2 Å². The minimum atomic E-state index is -1.00. The van der Waals surface area contributed by atoms with Crippen molar-refractivity contribution >= 4 is 44.2 Å². The smallest absolute Gasteiger partial charge is 0.326 e. The number of nitrogens with zero attached hydrogens (tertiary/aromatic N) is 2. The van der Waals surface area contributed by atoms with Gasteiger partial charge in [0.05, 0.1) is 10.2 Å². The summed E-state index contributed by atoms with van der Waals surface area (Å²) in [4.78, 5) is 30.2. The highest BCUT2D eigenvalue weighted by Gasteiger charge is 2.29. The van der Waals surface area contributed by atoms with Crippen molar-refractivity contribution in [2.45, 2.75) is 19.9 Å². The molecule has 1 amide bonds. The van der Waals surface area contributed by atoms with E-state index in [0.29, 0.717) is 5.56 Å². The first-order valence-electron chi connectivity index (χ1n) is 10.7.